The first kappa shape index (κ1) is 23.2. The van der Waals surface area contributed by atoms with Crippen LogP contribution in [0.2, 0.25) is 5.02 Å². The molecule has 3 aromatic carbocycles. The van der Waals surface area contributed by atoms with Gasteiger partial charge in [0.25, 0.3) is 11.8 Å². The first-order valence-corrected chi connectivity index (χ1v) is 12.4. The van der Waals surface area contributed by atoms with Crippen LogP contribution < -0.4 is 4.90 Å². The zero-order valence-corrected chi connectivity index (χ0v) is 20.2. The van der Waals surface area contributed by atoms with Gasteiger partial charge in [-0.1, -0.05) is 49.2 Å². The van der Waals surface area contributed by atoms with Gasteiger partial charge in [0.05, 0.1) is 38.4 Å². The Morgan fingerprint density at radius 2 is 1.76 bits per heavy atom. The summed E-state index contributed by atoms with van der Waals surface area (Å²) in [6, 6.07) is 19.3. The van der Waals surface area contributed by atoms with E-state index in [-0.39, 0.29) is 18.4 Å². The van der Waals surface area contributed by atoms with E-state index < -0.39 is 10.8 Å². The van der Waals surface area contributed by atoms with Crippen LogP contribution in [0.4, 0.5) is 5.69 Å². The molecule has 0 aromatic heterocycles. The third-order valence-corrected chi connectivity index (χ3v) is 7.46. The van der Waals surface area contributed by atoms with E-state index in [1.54, 1.807) is 71.4 Å². The van der Waals surface area contributed by atoms with Crippen LogP contribution in [0.1, 0.15) is 46.0 Å². The third-order valence-electron chi connectivity index (χ3n) is 5.71. The average Bonchev–Trinajstić information content (AvgIpc) is 2.92. The number of nitrogens with zero attached hydrogens (tertiary/aromatic N) is 2. The smallest absolute Gasteiger partial charge is 0.259 e. The lowest BCUT2D eigenvalue weighted by Crippen LogP contribution is -2.31. The molecule has 0 fully saturated rings. The Bertz CT molecular complexity index is 1230. The lowest BCUT2D eigenvalue weighted by atomic mass is 10.1. The molecular formula is C26H25ClN2O3S. The average molecular weight is 481 g/mol. The number of carbonyl (C=O) groups excluding carboxylic acids is 2. The van der Waals surface area contributed by atoms with Gasteiger partial charge in [0.2, 0.25) is 0 Å². The number of rotatable bonds is 6. The van der Waals surface area contributed by atoms with Crippen LogP contribution in [0, 0.1) is 0 Å². The Morgan fingerprint density at radius 1 is 1.03 bits per heavy atom. The molecule has 0 saturated carbocycles. The standard InChI is InChI=1S/C26H25ClN2O3S/c1-3-4-15-28(2)25(30)19-11-14-24-22(16-19)29(17-18-9-12-20(27)13-10-18)26(31)21-7-5-6-8-23(21)33(24)32/h5-14,16H,3-4,15,17H2,1-2H3/t33-/m1/s1. The van der Waals surface area contributed by atoms with Gasteiger partial charge in [-0.2, -0.15) is 0 Å². The zero-order valence-electron chi connectivity index (χ0n) is 18.6. The molecule has 2 amide bonds. The molecule has 170 valence electrons. The predicted octanol–water partition coefficient (Wildman–Crippen LogP) is 5.54. The van der Waals surface area contributed by atoms with Crippen molar-refractivity contribution in [2.24, 2.45) is 0 Å². The second-order valence-electron chi connectivity index (χ2n) is 8.05. The van der Waals surface area contributed by atoms with E-state index in [0.717, 1.165) is 18.4 Å². The predicted molar refractivity (Wildman–Crippen MR) is 131 cm³/mol. The summed E-state index contributed by atoms with van der Waals surface area (Å²) in [6.07, 6.45) is 1.90. The number of benzene rings is 3. The summed E-state index contributed by atoms with van der Waals surface area (Å²) in [5.41, 5.74) is 2.22. The van der Waals surface area contributed by atoms with E-state index >= 15 is 0 Å². The normalized spacial score (nSPS) is 14.9. The number of halogens is 1. The highest BCUT2D eigenvalue weighted by Gasteiger charge is 2.31. The lowest BCUT2D eigenvalue weighted by Gasteiger charge is -2.24. The number of hydrogen-bond donors (Lipinski definition) is 0. The number of fused-ring (bicyclic) bond motifs is 2. The van der Waals surface area contributed by atoms with Gasteiger partial charge in [0, 0.05) is 24.2 Å². The van der Waals surface area contributed by atoms with E-state index in [1.807, 2.05) is 12.1 Å². The maximum absolute atomic E-state index is 13.6. The van der Waals surface area contributed by atoms with Crippen molar-refractivity contribution >= 4 is 39.9 Å². The van der Waals surface area contributed by atoms with Crippen LogP contribution in [0.15, 0.2) is 76.5 Å². The van der Waals surface area contributed by atoms with Crippen molar-refractivity contribution in [3.63, 3.8) is 0 Å². The van der Waals surface area contributed by atoms with Gasteiger partial charge in [-0.15, -0.1) is 0 Å². The third kappa shape index (κ3) is 4.72. The first-order valence-electron chi connectivity index (χ1n) is 10.9. The maximum Gasteiger partial charge on any atom is 0.259 e. The van der Waals surface area contributed by atoms with Crippen LogP contribution >= 0.6 is 11.6 Å². The van der Waals surface area contributed by atoms with Crippen LogP contribution in [-0.2, 0) is 17.3 Å². The molecule has 5 nitrogen and oxygen atoms in total. The topological polar surface area (TPSA) is 57.7 Å². The van der Waals surface area contributed by atoms with E-state index in [9.17, 15) is 13.8 Å². The Hall–Kier alpha value is -2.96. The Morgan fingerprint density at radius 3 is 2.48 bits per heavy atom. The van der Waals surface area contributed by atoms with Gasteiger partial charge in [-0.25, -0.2) is 4.21 Å². The van der Waals surface area contributed by atoms with Crippen LogP contribution in [0.25, 0.3) is 0 Å². The van der Waals surface area contributed by atoms with Crippen LogP contribution in [-0.4, -0.2) is 34.5 Å². The molecule has 33 heavy (non-hydrogen) atoms. The van der Waals surface area contributed by atoms with Crippen molar-refractivity contribution in [3.05, 3.63) is 88.4 Å². The van der Waals surface area contributed by atoms with Crippen molar-refractivity contribution in [1.29, 1.82) is 0 Å². The minimum Gasteiger partial charge on any atom is -0.342 e. The highest BCUT2D eigenvalue weighted by molar-refractivity contribution is 7.85. The summed E-state index contributed by atoms with van der Waals surface area (Å²) in [5, 5.41) is 0.607. The summed E-state index contributed by atoms with van der Waals surface area (Å²) in [5.74, 6) is -0.380. The maximum atomic E-state index is 13.6. The van der Waals surface area contributed by atoms with Crippen molar-refractivity contribution in [1.82, 2.24) is 4.90 Å². The quantitative estimate of drug-likeness (QED) is 0.465. The molecule has 3 aromatic rings. The second kappa shape index (κ2) is 9.89. The fourth-order valence-corrected chi connectivity index (χ4v) is 5.31. The van der Waals surface area contributed by atoms with Crippen molar-refractivity contribution in [2.45, 2.75) is 36.1 Å². The molecule has 1 aliphatic heterocycles. The molecule has 0 unspecified atom stereocenters. The largest absolute Gasteiger partial charge is 0.342 e. The van der Waals surface area contributed by atoms with Crippen molar-refractivity contribution in [3.8, 4) is 0 Å². The monoisotopic (exact) mass is 480 g/mol. The van der Waals surface area contributed by atoms with Gasteiger partial charge < -0.3 is 9.80 Å². The molecule has 4 rings (SSSR count). The van der Waals surface area contributed by atoms with Gasteiger partial charge in [-0.05, 0) is 54.4 Å². The molecule has 1 atom stereocenters. The number of anilines is 1. The molecule has 7 heteroatoms. The molecular weight excluding hydrogens is 456 g/mol. The summed E-state index contributed by atoms with van der Waals surface area (Å²) in [6.45, 7) is 2.99. The van der Waals surface area contributed by atoms with Crippen molar-refractivity contribution < 1.29 is 13.8 Å². The van der Waals surface area contributed by atoms with Crippen LogP contribution in [0.5, 0.6) is 0 Å². The van der Waals surface area contributed by atoms with E-state index in [0.29, 0.717) is 38.2 Å². The summed E-state index contributed by atoms with van der Waals surface area (Å²) in [7, 11) is 0.216. The Labute approximate surface area is 201 Å². The second-order valence-corrected chi connectivity index (χ2v) is 9.90. The van der Waals surface area contributed by atoms with Gasteiger partial charge in [0.1, 0.15) is 0 Å². The van der Waals surface area contributed by atoms with Gasteiger partial charge in [-0.3, -0.25) is 9.59 Å². The Balaban J connectivity index is 1.82. The first-order chi connectivity index (χ1) is 15.9. The minimum atomic E-state index is -1.56. The Kier molecular flexibility index (Phi) is 6.96. The summed E-state index contributed by atoms with van der Waals surface area (Å²) >= 11 is 6.03. The summed E-state index contributed by atoms with van der Waals surface area (Å²) < 4.78 is 13.5. The fraction of sp³-hybridized carbons (Fsp3) is 0.231. The number of amides is 2. The molecule has 0 spiro atoms. The highest BCUT2D eigenvalue weighted by atomic mass is 35.5. The molecule has 0 radical (unpaired) electrons. The molecule has 1 heterocycles. The molecule has 0 bridgehead atoms. The van der Waals surface area contributed by atoms with E-state index in [1.165, 1.54) is 0 Å². The summed E-state index contributed by atoms with van der Waals surface area (Å²) in [4.78, 5) is 30.9. The lowest BCUT2D eigenvalue weighted by molar-refractivity contribution is 0.0792. The number of unbranched alkanes of at least 4 members (excludes halogenated alkanes) is 1. The highest BCUT2D eigenvalue weighted by Crippen LogP contribution is 2.36. The molecule has 0 saturated heterocycles. The molecule has 0 N–H and O–H groups in total. The molecule has 1 aliphatic rings. The SMILES string of the molecule is CCCCN(C)C(=O)c1ccc2c(c1)N(Cc1ccc(Cl)cc1)C(=O)c1ccccc1[S@]2=O. The van der Waals surface area contributed by atoms with E-state index in [4.69, 9.17) is 11.6 Å². The minimum absolute atomic E-state index is 0.127. The number of carbonyl (C=O) groups is 2. The fourth-order valence-electron chi connectivity index (χ4n) is 3.84. The van der Waals surface area contributed by atoms with Gasteiger partial charge in [0.15, 0.2) is 0 Å². The van der Waals surface area contributed by atoms with Gasteiger partial charge >= 0.3 is 0 Å². The molecule has 0 aliphatic carbocycles. The van der Waals surface area contributed by atoms with E-state index in [2.05, 4.69) is 6.92 Å². The van der Waals surface area contributed by atoms with Crippen molar-refractivity contribution in [2.75, 3.05) is 18.5 Å². The number of hydrogen-bond acceptors (Lipinski definition) is 3. The van der Waals surface area contributed by atoms with Crippen LogP contribution in [0.3, 0.4) is 0 Å². The zero-order chi connectivity index (χ0) is 23.5.